The van der Waals surface area contributed by atoms with Gasteiger partial charge in [-0.15, -0.1) is 0 Å². The van der Waals surface area contributed by atoms with Gasteiger partial charge in [-0.1, -0.05) is 43.0 Å². The molecule has 2 aromatic carbocycles. The summed E-state index contributed by atoms with van der Waals surface area (Å²) in [5, 5.41) is 7.36. The van der Waals surface area contributed by atoms with Crippen LogP contribution >= 0.6 is 11.6 Å². The Bertz CT molecular complexity index is 1370. The van der Waals surface area contributed by atoms with E-state index in [0.29, 0.717) is 24.7 Å². The summed E-state index contributed by atoms with van der Waals surface area (Å²) < 4.78 is 97.2. The van der Waals surface area contributed by atoms with Crippen LogP contribution < -0.4 is 15.2 Å². The van der Waals surface area contributed by atoms with Crippen LogP contribution in [-0.2, 0) is 25.5 Å². The van der Waals surface area contributed by atoms with Crippen molar-refractivity contribution in [1.29, 1.82) is 0 Å². The third-order valence-corrected chi connectivity index (χ3v) is 8.93. The van der Waals surface area contributed by atoms with Crippen LogP contribution in [0.5, 0.6) is 5.75 Å². The number of benzene rings is 2. The maximum atomic E-state index is 15.7. The predicted molar refractivity (Wildman–Crippen MR) is 151 cm³/mol. The van der Waals surface area contributed by atoms with Crippen molar-refractivity contribution in [2.75, 3.05) is 19.7 Å². The maximum Gasteiger partial charge on any atom is 0.490 e. The first-order chi connectivity index (χ1) is 20.5. The van der Waals surface area contributed by atoms with Gasteiger partial charge in [-0.2, -0.15) is 26.7 Å². The molecule has 1 amide bonds. The number of ether oxygens (including phenoxy) is 1. The topological polar surface area (TPSA) is 139 Å². The van der Waals surface area contributed by atoms with Gasteiger partial charge in [0.2, 0.25) is 15.9 Å². The summed E-state index contributed by atoms with van der Waals surface area (Å²) in [5.41, 5.74) is 5.32. The van der Waals surface area contributed by atoms with E-state index < -0.39 is 45.6 Å². The molecule has 0 aromatic heterocycles. The second-order valence-corrected chi connectivity index (χ2v) is 12.8. The molecule has 244 valence electrons. The van der Waals surface area contributed by atoms with E-state index in [2.05, 4.69) is 0 Å². The van der Waals surface area contributed by atoms with Gasteiger partial charge in [0.1, 0.15) is 5.75 Å². The lowest BCUT2D eigenvalue weighted by Crippen LogP contribution is -2.56. The molecule has 2 atom stereocenters. The lowest BCUT2D eigenvalue weighted by molar-refractivity contribution is -0.192. The highest BCUT2D eigenvalue weighted by Gasteiger charge is 2.50. The van der Waals surface area contributed by atoms with E-state index in [1.807, 2.05) is 4.72 Å². The number of aliphatic carboxylic acids is 1. The second kappa shape index (κ2) is 14.8. The van der Waals surface area contributed by atoms with E-state index in [4.69, 9.17) is 32.0 Å². The van der Waals surface area contributed by atoms with E-state index in [1.165, 1.54) is 60.6 Å². The van der Waals surface area contributed by atoms with Crippen LogP contribution in [0.2, 0.25) is 5.02 Å². The number of carboxylic acid groups (broad SMARTS) is 1. The largest absolute Gasteiger partial charge is 0.493 e. The van der Waals surface area contributed by atoms with Crippen LogP contribution in [0.15, 0.2) is 53.4 Å². The molecule has 4 rings (SSSR count). The number of amides is 1. The molecule has 2 fully saturated rings. The molecule has 2 aromatic rings. The van der Waals surface area contributed by atoms with Gasteiger partial charge in [-0.25, -0.2) is 13.2 Å². The quantitative estimate of drug-likeness (QED) is 0.322. The number of halogens is 6. The van der Waals surface area contributed by atoms with Crippen molar-refractivity contribution in [3.05, 3.63) is 59.1 Å². The molecule has 0 spiro atoms. The SMILES string of the molecule is N[C@H]1CCN(C(=O)C(NS(=O)(=O)c2ccc(OCC3CCCCC3)cc2)C(F)(F)c2ccc(Cl)cc2)C1.O=C(O)C(F)(F)F. The van der Waals surface area contributed by atoms with Gasteiger partial charge < -0.3 is 20.5 Å². The maximum absolute atomic E-state index is 15.7. The summed E-state index contributed by atoms with van der Waals surface area (Å²) in [4.78, 5) is 23.0. The fourth-order valence-electron chi connectivity index (χ4n) is 4.79. The first kappa shape index (κ1) is 35.5. The fourth-order valence-corrected chi connectivity index (χ4v) is 6.11. The van der Waals surface area contributed by atoms with Gasteiger partial charge in [0, 0.05) is 29.7 Å². The van der Waals surface area contributed by atoms with Crippen molar-refractivity contribution < 1.29 is 49.8 Å². The number of nitrogens with one attached hydrogen (secondary N) is 1. The zero-order valence-electron chi connectivity index (χ0n) is 23.4. The summed E-state index contributed by atoms with van der Waals surface area (Å²) in [6, 6.07) is 7.50. The van der Waals surface area contributed by atoms with Crippen molar-refractivity contribution in [2.45, 2.75) is 67.6 Å². The van der Waals surface area contributed by atoms with Crippen LogP contribution in [-0.4, -0.2) is 68.3 Å². The third kappa shape index (κ3) is 9.74. The number of rotatable bonds is 9. The Balaban J connectivity index is 0.000000676. The molecule has 1 saturated carbocycles. The number of hydrogen-bond acceptors (Lipinski definition) is 6. The second-order valence-electron chi connectivity index (χ2n) is 10.6. The number of nitrogens with two attached hydrogens (primary N) is 1. The van der Waals surface area contributed by atoms with Crippen LogP contribution in [0.3, 0.4) is 0 Å². The minimum atomic E-state index is -5.08. The molecule has 1 aliphatic carbocycles. The first-order valence-corrected chi connectivity index (χ1v) is 15.6. The van der Waals surface area contributed by atoms with Crippen molar-refractivity contribution in [1.82, 2.24) is 9.62 Å². The van der Waals surface area contributed by atoms with E-state index in [0.717, 1.165) is 25.0 Å². The Kier molecular flexibility index (Phi) is 12.0. The van der Waals surface area contributed by atoms with Crippen LogP contribution in [0, 0.1) is 5.92 Å². The van der Waals surface area contributed by atoms with Crippen molar-refractivity contribution in [3.63, 3.8) is 0 Å². The van der Waals surface area contributed by atoms with E-state index in [1.54, 1.807) is 0 Å². The van der Waals surface area contributed by atoms with Gasteiger partial charge in [0.25, 0.3) is 5.92 Å². The standard InChI is InChI=1S/C26H32ClF2N3O4S.C2HF3O2/c27-20-8-6-19(7-9-20)26(28,29)24(25(33)32-15-14-21(30)16-32)31-37(34,35)23-12-10-22(11-13-23)36-17-18-4-2-1-3-5-18;3-2(4,5)1(6)7/h6-13,18,21,24,31H,1-5,14-17,30H2;(H,6,7)/t21-,24?;/m0./s1. The smallest absolute Gasteiger partial charge is 0.490 e. The monoisotopic (exact) mass is 669 g/mol. The van der Waals surface area contributed by atoms with Gasteiger partial charge in [0.05, 0.1) is 11.5 Å². The van der Waals surface area contributed by atoms with E-state index >= 15 is 8.78 Å². The zero-order chi connectivity index (χ0) is 32.7. The Hall–Kier alpha value is -3.01. The molecule has 16 heteroatoms. The van der Waals surface area contributed by atoms with Crippen LogP contribution in [0.25, 0.3) is 0 Å². The van der Waals surface area contributed by atoms with Gasteiger partial charge in [-0.05, 0) is 61.6 Å². The average molecular weight is 670 g/mol. The summed E-state index contributed by atoms with van der Waals surface area (Å²) in [5.74, 6) is -6.68. The minimum Gasteiger partial charge on any atom is -0.493 e. The Morgan fingerprint density at radius 3 is 2.07 bits per heavy atom. The van der Waals surface area contributed by atoms with Crippen molar-refractivity contribution in [3.8, 4) is 5.75 Å². The molecular formula is C28H33ClF5N3O6S. The molecule has 1 aliphatic heterocycles. The summed E-state index contributed by atoms with van der Waals surface area (Å²) in [6.45, 7) is 0.787. The molecule has 1 heterocycles. The van der Waals surface area contributed by atoms with Crippen LogP contribution in [0.4, 0.5) is 22.0 Å². The van der Waals surface area contributed by atoms with Crippen molar-refractivity contribution >= 4 is 33.5 Å². The number of alkyl halides is 5. The third-order valence-electron chi connectivity index (χ3n) is 7.23. The highest BCUT2D eigenvalue weighted by Crippen LogP contribution is 2.35. The number of likely N-dealkylation sites (tertiary alicyclic amines) is 1. The summed E-state index contributed by atoms with van der Waals surface area (Å²) in [7, 11) is -4.49. The minimum absolute atomic E-state index is 0.0702. The number of hydrogen-bond donors (Lipinski definition) is 3. The van der Waals surface area contributed by atoms with Crippen molar-refractivity contribution in [2.24, 2.45) is 11.7 Å². The molecule has 1 saturated heterocycles. The van der Waals surface area contributed by atoms with Gasteiger partial charge >= 0.3 is 12.1 Å². The molecule has 9 nitrogen and oxygen atoms in total. The highest BCUT2D eigenvalue weighted by molar-refractivity contribution is 7.89. The zero-order valence-corrected chi connectivity index (χ0v) is 25.0. The number of carboxylic acids is 1. The van der Waals surface area contributed by atoms with Gasteiger partial charge in [0.15, 0.2) is 6.04 Å². The highest BCUT2D eigenvalue weighted by atomic mass is 35.5. The Morgan fingerprint density at radius 2 is 1.57 bits per heavy atom. The molecule has 0 bridgehead atoms. The molecule has 4 N–H and O–H groups in total. The molecular weight excluding hydrogens is 637 g/mol. The first-order valence-electron chi connectivity index (χ1n) is 13.7. The predicted octanol–water partition coefficient (Wildman–Crippen LogP) is 4.93. The molecule has 1 unspecified atom stereocenters. The number of carbonyl (C=O) groups is 2. The number of sulfonamides is 1. The van der Waals surface area contributed by atoms with Crippen LogP contribution in [0.1, 0.15) is 44.1 Å². The number of carbonyl (C=O) groups excluding carboxylic acids is 1. The molecule has 2 aliphatic rings. The summed E-state index contributed by atoms with van der Waals surface area (Å²) in [6.07, 6.45) is 1.17. The lowest BCUT2D eigenvalue weighted by Gasteiger charge is -2.30. The van der Waals surface area contributed by atoms with E-state index in [9.17, 15) is 26.4 Å². The summed E-state index contributed by atoms with van der Waals surface area (Å²) >= 11 is 5.83. The Labute approximate surface area is 256 Å². The Morgan fingerprint density at radius 1 is 1.00 bits per heavy atom. The average Bonchev–Trinajstić information content (AvgIpc) is 3.41. The lowest BCUT2D eigenvalue weighted by atomic mass is 9.90. The van der Waals surface area contributed by atoms with Gasteiger partial charge in [-0.3, -0.25) is 4.79 Å². The fraction of sp³-hybridized carbons (Fsp3) is 0.500. The number of nitrogens with zero attached hydrogens (tertiary/aromatic N) is 1. The normalized spacial score (nSPS) is 18.7. The molecule has 44 heavy (non-hydrogen) atoms. The molecule has 0 radical (unpaired) electrons. The van der Waals surface area contributed by atoms with E-state index in [-0.39, 0.29) is 29.0 Å².